The summed E-state index contributed by atoms with van der Waals surface area (Å²) < 4.78 is 2.35. The van der Waals surface area contributed by atoms with Crippen LogP contribution in [-0.4, -0.2) is 4.57 Å². The van der Waals surface area contributed by atoms with Gasteiger partial charge in [-0.25, -0.2) is 0 Å². The average molecular weight is 309 g/mol. The first kappa shape index (κ1) is 13.6. The molecule has 1 heteroatoms. The maximum absolute atomic E-state index is 2.35. The van der Waals surface area contributed by atoms with Crippen LogP contribution in [0.3, 0.4) is 0 Å². The minimum absolute atomic E-state index is 1.32. The molecule has 5 rings (SSSR count). The van der Waals surface area contributed by atoms with Gasteiger partial charge in [0.25, 0.3) is 0 Å². The Bertz CT molecular complexity index is 1170. The van der Waals surface area contributed by atoms with Crippen molar-refractivity contribution in [3.05, 3.63) is 71.8 Å². The SMILES string of the molecule is Cc1cc2c(c3ccccc13)c1c3ccccc3c(C)cc1n2C. The Balaban J connectivity index is 2.22. The monoisotopic (exact) mass is 309 g/mol. The minimum atomic E-state index is 1.32. The van der Waals surface area contributed by atoms with Crippen LogP contribution in [0.25, 0.3) is 43.4 Å². The van der Waals surface area contributed by atoms with E-state index in [0.717, 1.165) is 0 Å². The highest BCUT2D eigenvalue weighted by atomic mass is 14.9. The van der Waals surface area contributed by atoms with E-state index in [0.29, 0.717) is 0 Å². The molecule has 0 saturated heterocycles. The van der Waals surface area contributed by atoms with E-state index in [1.54, 1.807) is 0 Å². The van der Waals surface area contributed by atoms with Gasteiger partial charge < -0.3 is 4.57 Å². The van der Waals surface area contributed by atoms with Crippen LogP contribution >= 0.6 is 0 Å². The summed E-state index contributed by atoms with van der Waals surface area (Å²) in [5.41, 5.74) is 5.31. The van der Waals surface area contributed by atoms with E-state index in [4.69, 9.17) is 0 Å². The number of aromatic nitrogens is 1. The van der Waals surface area contributed by atoms with Gasteiger partial charge in [-0.05, 0) is 58.7 Å². The molecule has 4 aromatic carbocycles. The summed E-state index contributed by atoms with van der Waals surface area (Å²) in [6.45, 7) is 4.42. The molecule has 0 N–H and O–H groups in total. The van der Waals surface area contributed by atoms with Crippen LogP contribution in [0.5, 0.6) is 0 Å². The Hall–Kier alpha value is -2.80. The molecule has 0 unspecified atom stereocenters. The van der Waals surface area contributed by atoms with E-state index < -0.39 is 0 Å². The molecule has 1 aromatic heterocycles. The largest absolute Gasteiger partial charge is 0.344 e. The van der Waals surface area contributed by atoms with Gasteiger partial charge in [-0.1, -0.05) is 48.5 Å². The fourth-order valence-corrected chi connectivity index (χ4v) is 4.26. The Morgan fingerprint density at radius 1 is 0.583 bits per heavy atom. The minimum Gasteiger partial charge on any atom is -0.344 e. The molecule has 0 aliphatic carbocycles. The quantitative estimate of drug-likeness (QED) is 0.318. The zero-order chi connectivity index (χ0) is 16.4. The van der Waals surface area contributed by atoms with Crippen LogP contribution in [0, 0.1) is 13.8 Å². The maximum atomic E-state index is 2.35. The van der Waals surface area contributed by atoms with Crippen LogP contribution < -0.4 is 0 Å². The first-order valence-corrected chi connectivity index (χ1v) is 8.45. The number of nitrogens with zero attached hydrogens (tertiary/aromatic N) is 1. The van der Waals surface area contributed by atoms with Crippen LogP contribution in [0.1, 0.15) is 11.1 Å². The van der Waals surface area contributed by atoms with Crippen LogP contribution in [-0.2, 0) is 7.05 Å². The summed E-state index contributed by atoms with van der Waals surface area (Å²) in [6.07, 6.45) is 0. The van der Waals surface area contributed by atoms with Gasteiger partial charge in [-0.15, -0.1) is 0 Å². The number of aryl methyl sites for hydroxylation is 3. The van der Waals surface area contributed by atoms with Gasteiger partial charge in [0, 0.05) is 28.9 Å². The molecule has 116 valence electrons. The summed E-state index contributed by atoms with van der Waals surface area (Å²) >= 11 is 0. The predicted molar refractivity (Wildman–Crippen MR) is 105 cm³/mol. The standard InChI is InChI=1S/C23H19N/c1-14-12-20-22(18-10-6-4-8-16(14)18)23-19-11-7-5-9-17(19)15(2)13-21(23)24(20)3/h4-13H,1-3H3. The molecule has 24 heavy (non-hydrogen) atoms. The highest BCUT2D eigenvalue weighted by Gasteiger charge is 2.16. The second-order valence-corrected chi connectivity index (χ2v) is 6.83. The number of fused-ring (bicyclic) bond motifs is 7. The highest BCUT2D eigenvalue weighted by molar-refractivity contribution is 6.28. The Morgan fingerprint density at radius 2 is 0.958 bits per heavy atom. The summed E-state index contributed by atoms with van der Waals surface area (Å²) in [4.78, 5) is 0. The van der Waals surface area contributed by atoms with Crippen molar-refractivity contribution in [2.75, 3.05) is 0 Å². The molecule has 0 aliphatic heterocycles. The van der Waals surface area contributed by atoms with Gasteiger partial charge in [0.15, 0.2) is 0 Å². The topological polar surface area (TPSA) is 4.93 Å². The highest BCUT2D eigenvalue weighted by Crippen LogP contribution is 2.40. The predicted octanol–water partition coefficient (Wildman–Crippen LogP) is 6.25. The summed E-state index contributed by atoms with van der Waals surface area (Å²) in [7, 11) is 2.19. The van der Waals surface area contributed by atoms with E-state index >= 15 is 0 Å². The smallest absolute Gasteiger partial charge is 0.0498 e. The van der Waals surface area contributed by atoms with Gasteiger partial charge in [0.2, 0.25) is 0 Å². The Morgan fingerprint density at radius 3 is 1.38 bits per heavy atom. The maximum Gasteiger partial charge on any atom is 0.0498 e. The zero-order valence-corrected chi connectivity index (χ0v) is 14.2. The second kappa shape index (κ2) is 4.61. The molecule has 0 spiro atoms. The van der Waals surface area contributed by atoms with Crippen LogP contribution in [0.2, 0.25) is 0 Å². The van der Waals surface area contributed by atoms with Gasteiger partial charge >= 0.3 is 0 Å². The van der Waals surface area contributed by atoms with Crippen molar-refractivity contribution in [2.45, 2.75) is 13.8 Å². The lowest BCUT2D eigenvalue weighted by molar-refractivity contribution is 1.01. The molecular weight excluding hydrogens is 290 g/mol. The molecular formula is C23H19N. The second-order valence-electron chi connectivity index (χ2n) is 6.83. The lowest BCUT2D eigenvalue weighted by atomic mass is 9.96. The molecule has 0 atom stereocenters. The van der Waals surface area contributed by atoms with Crippen molar-refractivity contribution in [2.24, 2.45) is 7.05 Å². The lowest BCUT2D eigenvalue weighted by Gasteiger charge is -2.07. The third-order valence-corrected chi connectivity index (χ3v) is 5.43. The fourth-order valence-electron chi connectivity index (χ4n) is 4.26. The number of hydrogen-bond donors (Lipinski definition) is 0. The summed E-state index contributed by atoms with van der Waals surface area (Å²) in [5.74, 6) is 0. The summed E-state index contributed by atoms with van der Waals surface area (Å²) in [6, 6.07) is 22.2. The Kier molecular flexibility index (Phi) is 2.62. The third-order valence-electron chi connectivity index (χ3n) is 5.43. The molecule has 5 aromatic rings. The molecule has 1 heterocycles. The molecule has 0 radical (unpaired) electrons. The van der Waals surface area contributed by atoms with Crippen molar-refractivity contribution in [1.82, 2.24) is 4.57 Å². The first-order valence-electron chi connectivity index (χ1n) is 8.45. The van der Waals surface area contributed by atoms with Crippen molar-refractivity contribution in [1.29, 1.82) is 0 Å². The summed E-state index contributed by atoms with van der Waals surface area (Å²) in [5, 5.41) is 8.17. The average Bonchev–Trinajstić information content (AvgIpc) is 2.89. The van der Waals surface area contributed by atoms with Crippen molar-refractivity contribution < 1.29 is 0 Å². The Labute approximate surface area is 141 Å². The van der Waals surface area contributed by atoms with Gasteiger partial charge in [0.05, 0.1) is 0 Å². The van der Waals surface area contributed by atoms with Crippen molar-refractivity contribution in [3.8, 4) is 0 Å². The first-order chi connectivity index (χ1) is 11.7. The van der Waals surface area contributed by atoms with Gasteiger partial charge in [0.1, 0.15) is 0 Å². The van der Waals surface area contributed by atoms with E-state index in [1.807, 2.05) is 0 Å². The van der Waals surface area contributed by atoms with E-state index in [-0.39, 0.29) is 0 Å². The molecule has 0 saturated carbocycles. The normalized spacial score (nSPS) is 12.0. The van der Waals surface area contributed by atoms with Gasteiger partial charge in [-0.2, -0.15) is 0 Å². The van der Waals surface area contributed by atoms with Gasteiger partial charge in [-0.3, -0.25) is 0 Å². The van der Waals surface area contributed by atoms with Crippen molar-refractivity contribution >= 4 is 43.4 Å². The molecule has 0 bridgehead atoms. The van der Waals surface area contributed by atoms with E-state index in [9.17, 15) is 0 Å². The van der Waals surface area contributed by atoms with E-state index in [2.05, 4.69) is 86.1 Å². The number of hydrogen-bond acceptors (Lipinski definition) is 0. The lowest BCUT2D eigenvalue weighted by Crippen LogP contribution is -1.88. The fraction of sp³-hybridized carbons (Fsp3) is 0.130. The number of rotatable bonds is 0. The van der Waals surface area contributed by atoms with Crippen LogP contribution in [0.15, 0.2) is 60.7 Å². The van der Waals surface area contributed by atoms with E-state index in [1.165, 1.54) is 54.5 Å². The third kappa shape index (κ3) is 1.59. The zero-order valence-electron chi connectivity index (χ0n) is 14.2. The molecule has 1 nitrogen and oxygen atoms in total. The molecule has 0 fully saturated rings. The molecule has 0 aliphatic rings. The molecule has 0 amide bonds. The van der Waals surface area contributed by atoms with Crippen LogP contribution in [0.4, 0.5) is 0 Å². The van der Waals surface area contributed by atoms with Crippen molar-refractivity contribution in [3.63, 3.8) is 0 Å². The number of benzene rings is 4.